The van der Waals surface area contributed by atoms with E-state index in [1.165, 1.54) is 18.3 Å². The van der Waals surface area contributed by atoms with Crippen LogP contribution in [0.15, 0.2) is 42.6 Å². The van der Waals surface area contributed by atoms with Crippen molar-refractivity contribution >= 4 is 45.5 Å². The molecule has 29 heavy (non-hydrogen) atoms. The Bertz CT molecular complexity index is 1070. The first-order valence-electron chi connectivity index (χ1n) is 9.37. The van der Waals surface area contributed by atoms with E-state index in [4.69, 9.17) is 0 Å². The highest BCUT2D eigenvalue weighted by Crippen LogP contribution is 2.34. The number of benzene rings is 1. The van der Waals surface area contributed by atoms with Crippen LogP contribution in [0.5, 0.6) is 0 Å². The van der Waals surface area contributed by atoms with E-state index >= 15 is 0 Å². The minimum Gasteiger partial charge on any atom is -0.340 e. The molecule has 0 radical (unpaired) electrons. The first kappa shape index (κ1) is 19.1. The van der Waals surface area contributed by atoms with E-state index in [9.17, 15) is 9.59 Å². The van der Waals surface area contributed by atoms with E-state index in [1.54, 1.807) is 6.20 Å². The number of aryl methyl sites for hydroxylation is 1. The fourth-order valence-corrected chi connectivity index (χ4v) is 3.93. The predicted octanol–water partition coefficient (Wildman–Crippen LogP) is 4.56. The van der Waals surface area contributed by atoms with Crippen molar-refractivity contribution in [3.05, 3.63) is 48.3 Å². The molecule has 8 heteroatoms. The Hall–Kier alpha value is -3.26. The average molecular weight is 407 g/mol. The Balaban J connectivity index is 1.51. The molecule has 1 saturated carbocycles. The van der Waals surface area contributed by atoms with Gasteiger partial charge in [0.1, 0.15) is 5.82 Å². The number of thiazole rings is 1. The predicted molar refractivity (Wildman–Crippen MR) is 115 cm³/mol. The highest BCUT2D eigenvalue weighted by molar-refractivity contribution is 7.19. The van der Waals surface area contributed by atoms with Crippen LogP contribution in [0, 0.1) is 12.8 Å². The maximum atomic E-state index is 12.0. The lowest BCUT2D eigenvalue weighted by Gasteiger charge is -2.10. The van der Waals surface area contributed by atoms with Gasteiger partial charge in [-0.25, -0.2) is 9.97 Å². The molecule has 0 spiro atoms. The molecule has 0 bridgehead atoms. The second-order valence-corrected chi connectivity index (χ2v) is 8.01. The summed E-state index contributed by atoms with van der Waals surface area (Å²) < 4.78 is 0. The van der Waals surface area contributed by atoms with Crippen LogP contribution in [0.4, 0.5) is 22.3 Å². The van der Waals surface area contributed by atoms with Gasteiger partial charge in [-0.15, -0.1) is 0 Å². The summed E-state index contributed by atoms with van der Waals surface area (Å²) >= 11 is 1.43. The van der Waals surface area contributed by atoms with Gasteiger partial charge in [-0.1, -0.05) is 17.4 Å². The normalized spacial score (nSPS) is 13.0. The van der Waals surface area contributed by atoms with E-state index in [-0.39, 0.29) is 17.7 Å². The number of carbonyl (C=O) groups is 2. The molecule has 0 atom stereocenters. The van der Waals surface area contributed by atoms with Crippen molar-refractivity contribution in [1.29, 1.82) is 0 Å². The quantitative estimate of drug-likeness (QED) is 0.556. The first-order valence-corrected chi connectivity index (χ1v) is 10.2. The van der Waals surface area contributed by atoms with Crippen LogP contribution >= 0.6 is 11.3 Å². The van der Waals surface area contributed by atoms with Crippen molar-refractivity contribution in [3.8, 4) is 10.4 Å². The zero-order valence-electron chi connectivity index (χ0n) is 16.2. The molecular weight excluding hydrogens is 386 g/mol. The van der Waals surface area contributed by atoms with E-state index in [1.807, 2.05) is 43.3 Å². The molecule has 1 fully saturated rings. The number of pyridine rings is 1. The summed E-state index contributed by atoms with van der Waals surface area (Å²) in [7, 11) is 0. The molecule has 0 unspecified atom stereocenters. The SMILES string of the molecule is CC(=O)Nc1nc(C)c(-c2ccnc(Nc3cccc(NC(=O)C4CC4)c3)c2)s1. The number of carbonyl (C=O) groups excluding carboxylic acids is 2. The van der Waals surface area contributed by atoms with Crippen LogP contribution < -0.4 is 16.0 Å². The topological polar surface area (TPSA) is 96.0 Å². The second kappa shape index (κ2) is 8.00. The largest absolute Gasteiger partial charge is 0.340 e. The fourth-order valence-electron chi connectivity index (χ4n) is 2.92. The minimum absolute atomic E-state index is 0.0814. The molecule has 1 aliphatic carbocycles. The molecule has 148 valence electrons. The minimum atomic E-state index is -0.143. The maximum absolute atomic E-state index is 12.0. The zero-order valence-corrected chi connectivity index (χ0v) is 17.0. The Kier molecular flexibility index (Phi) is 5.26. The van der Waals surface area contributed by atoms with Gasteiger partial charge < -0.3 is 16.0 Å². The molecule has 2 amide bonds. The lowest BCUT2D eigenvalue weighted by atomic mass is 10.2. The van der Waals surface area contributed by atoms with Crippen LogP contribution in [0.2, 0.25) is 0 Å². The average Bonchev–Trinajstić information content (AvgIpc) is 3.46. The van der Waals surface area contributed by atoms with E-state index < -0.39 is 0 Å². The zero-order chi connectivity index (χ0) is 20.4. The first-order chi connectivity index (χ1) is 14.0. The molecule has 3 N–H and O–H groups in total. The molecule has 1 aromatic carbocycles. The lowest BCUT2D eigenvalue weighted by molar-refractivity contribution is -0.117. The van der Waals surface area contributed by atoms with Crippen LogP contribution in [-0.4, -0.2) is 21.8 Å². The van der Waals surface area contributed by atoms with Gasteiger partial charge in [0.2, 0.25) is 11.8 Å². The van der Waals surface area contributed by atoms with Gasteiger partial charge in [0.15, 0.2) is 5.13 Å². The summed E-state index contributed by atoms with van der Waals surface area (Å²) in [5.74, 6) is 0.783. The van der Waals surface area contributed by atoms with Gasteiger partial charge in [0, 0.05) is 30.4 Å². The summed E-state index contributed by atoms with van der Waals surface area (Å²) in [5.41, 5.74) is 3.41. The van der Waals surface area contributed by atoms with Gasteiger partial charge in [0.05, 0.1) is 10.6 Å². The number of aromatic nitrogens is 2. The number of amides is 2. The fraction of sp³-hybridized carbons (Fsp3) is 0.238. The smallest absolute Gasteiger partial charge is 0.227 e. The van der Waals surface area contributed by atoms with Gasteiger partial charge in [-0.2, -0.15) is 0 Å². The number of hydrogen-bond acceptors (Lipinski definition) is 6. The Morgan fingerprint density at radius 2 is 1.90 bits per heavy atom. The molecule has 2 heterocycles. The van der Waals surface area contributed by atoms with E-state index in [0.29, 0.717) is 10.9 Å². The molecular formula is C21H21N5O2S. The number of nitrogens with one attached hydrogen (secondary N) is 3. The summed E-state index contributed by atoms with van der Waals surface area (Å²) in [5, 5.41) is 9.54. The molecule has 0 saturated heterocycles. The molecule has 0 aliphatic heterocycles. The van der Waals surface area contributed by atoms with Gasteiger partial charge in [0.25, 0.3) is 0 Å². The third-order valence-electron chi connectivity index (χ3n) is 4.45. The lowest BCUT2D eigenvalue weighted by Crippen LogP contribution is -2.13. The van der Waals surface area contributed by atoms with Gasteiger partial charge in [-0.3, -0.25) is 9.59 Å². The third-order valence-corrected chi connectivity index (χ3v) is 5.57. The molecule has 2 aromatic heterocycles. The van der Waals surface area contributed by atoms with Crippen LogP contribution in [0.25, 0.3) is 10.4 Å². The molecule has 7 nitrogen and oxygen atoms in total. The van der Waals surface area contributed by atoms with Crippen LogP contribution in [0.1, 0.15) is 25.5 Å². The van der Waals surface area contributed by atoms with Crippen molar-refractivity contribution in [2.75, 3.05) is 16.0 Å². The van der Waals surface area contributed by atoms with Crippen molar-refractivity contribution < 1.29 is 9.59 Å². The number of nitrogens with zero attached hydrogens (tertiary/aromatic N) is 2. The van der Waals surface area contributed by atoms with Crippen molar-refractivity contribution in [1.82, 2.24) is 9.97 Å². The van der Waals surface area contributed by atoms with E-state index in [0.717, 1.165) is 40.4 Å². The summed E-state index contributed by atoms with van der Waals surface area (Å²) in [4.78, 5) is 33.0. The second-order valence-electron chi connectivity index (χ2n) is 7.01. The Labute approximate surface area is 172 Å². The van der Waals surface area contributed by atoms with Crippen LogP contribution in [-0.2, 0) is 9.59 Å². The molecule has 4 rings (SSSR count). The Morgan fingerprint density at radius 3 is 2.66 bits per heavy atom. The third kappa shape index (κ3) is 4.78. The monoisotopic (exact) mass is 407 g/mol. The Morgan fingerprint density at radius 1 is 1.10 bits per heavy atom. The number of anilines is 4. The summed E-state index contributed by atoms with van der Waals surface area (Å²) in [6.07, 6.45) is 3.68. The number of hydrogen-bond donors (Lipinski definition) is 3. The summed E-state index contributed by atoms with van der Waals surface area (Å²) in [6, 6.07) is 11.4. The van der Waals surface area contributed by atoms with E-state index in [2.05, 4.69) is 25.9 Å². The van der Waals surface area contributed by atoms with Crippen molar-refractivity contribution in [2.45, 2.75) is 26.7 Å². The van der Waals surface area contributed by atoms with Crippen molar-refractivity contribution in [3.63, 3.8) is 0 Å². The molecule has 3 aromatic rings. The van der Waals surface area contributed by atoms with Crippen molar-refractivity contribution in [2.24, 2.45) is 5.92 Å². The van der Waals surface area contributed by atoms with Gasteiger partial charge >= 0.3 is 0 Å². The standard InChI is InChI=1S/C21H21N5O2S/c1-12-19(29-21(23-12)24-13(2)27)15-8-9-22-18(10-15)25-16-4-3-5-17(11-16)26-20(28)14-6-7-14/h3-5,8-11,14H,6-7H2,1-2H3,(H,22,25)(H,26,28)(H,23,24,27). The number of rotatable bonds is 6. The molecule has 1 aliphatic rings. The highest BCUT2D eigenvalue weighted by atomic mass is 32.1. The highest BCUT2D eigenvalue weighted by Gasteiger charge is 2.29. The van der Waals surface area contributed by atoms with Gasteiger partial charge in [-0.05, 0) is 55.7 Å². The van der Waals surface area contributed by atoms with Crippen LogP contribution in [0.3, 0.4) is 0 Å². The maximum Gasteiger partial charge on any atom is 0.227 e. The summed E-state index contributed by atoms with van der Waals surface area (Å²) in [6.45, 7) is 3.38.